The summed E-state index contributed by atoms with van der Waals surface area (Å²) in [5.41, 5.74) is 0. The molecule has 0 radical (unpaired) electrons. The average molecular weight is 354 g/mol. The Hall–Kier alpha value is -1.72. The van der Waals surface area contributed by atoms with Crippen molar-refractivity contribution in [2.75, 3.05) is 25.1 Å². The van der Waals surface area contributed by atoms with Crippen LogP contribution in [-0.4, -0.2) is 36.3 Å². The van der Waals surface area contributed by atoms with Crippen LogP contribution in [0.2, 0.25) is 10.0 Å². The number of anilines is 1. The second-order valence-corrected chi connectivity index (χ2v) is 6.08. The van der Waals surface area contributed by atoms with Crippen molar-refractivity contribution in [2.24, 2.45) is 0 Å². The van der Waals surface area contributed by atoms with Crippen molar-refractivity contribution < 1.29 is 9.47 Å². The van der Waals surface area contributed by atoms with Crippen LogP contribution in [0.3, 0.4) is 0 Å². The first-order valence-electron chi connectivity index (χ1n) is 7.40. The van der Waals surface area contributed by atoms with Crippen LogP contribution in [0.5, 0.6) is 11.8 Å². The van der Waals surface area contributed by atoms with Crippen LogP contribution in [-0.2, 0) is 0 Å². The van der Waals surface area contributed by atoms with Crippen molar-refractivity contribution in [3.8, 4) is 11.8 Å². The molecule has 1 saturated heterocycles. The summed E-state index contributed by atoms with van der Waals surface area (Å²) in [6.07, 6.45) is 3.44. The highest BCUT2D eigenvalue weighted by Gasteiger charge is 2.24. The van der Waals surface area contributed by atoms with E-state index in [1.807, 2.05) is 24.3 Å². The van der Waals surface area contributed by atoms with Gasteiger partial charge >= 0.3 is 6.01 Å². The number of aromatic nitrogens is 2. The Balaban J connectivity index is 1.63. The van der Waals surface area contributed by atoms with Crippen LogP contribution in [0.25, 0.3) is 0 Å². The monoisotopic (exact) mass is 353 g/mol. The van der Waals surface area contributed by atoms with Gasteiger partial charge in [0.05, 0.1) is 18.3 Å². The minimum Gasteiger partial charge on any atom is -0.489 e. The minimum atomic E-state index is 0.133. The Labute approximate surface area is 145 Å². The zero-order chi connectivity index (χ0) is 16.2. The second kappa shape index (κ2) is 7.23. The number of halogens is 2. The molecule has 0 saturated carbocycles. The van der Waals surface area contributed by atoms with Crippen molar-refractivity contribution in [1.82, 2.24) is 9.97 Å². The van der Waals surface area contributed by atoms with Gasteiger partial charge in [-0.1, -0.05) is 35.3 Å². The molecule has 23 heavy (non-hydrogen) atoms. The van der Waals surface area contributed by atoms with E-state index in [1.54, 1.807) is 6.20 Å². The topological polar surface area (TPSA) is 47.5 Å². The van der Waals surface area contributed by atoms with E-state index in [0.717, 1.165) is 31.7 Å². The summed E-state index contributed by atoms with van der Waals surface area (Å²) in [4.78, 5) is 10.5. The van der Waals surface area contributed by atoms with Crippen molar-refractivity contribution in [3.05, 3.63) is 40.5 Å². The predicted molar refractivity (Wildman–Crippen MR) is 90.9 cm³/mol. The molecule has 0 aliphatic carbocycles. The molecule has 2 aromatic rings. The third kappa shape index (κ3) is 3.79. The van der Waals surface area contributed by atoms with E-state index in [4.69, 9.17) is 32.7 Å². The Bertz CT molecular complexity index is 676. The normalized spacial score (nSPS) is 15.5. The Kier molecular flexibility index (Phi) is 5.08. The van der Waals surface area contributed by atoms with E-state index in [0.29, 0.717) is 21.9 Å². The first-order chi connectivity index (χ1) is 11.2. The summed E-state index contributed by atoms with van der Waals surface area (Å²) in [6, 6.07) is 7.85. The van der Waals surface area contributed by atoms with E-state index in [1.165, 1.54) is 7.11 Å². The molecule has 7 heteroatoms. The number of hydrogen-bond donors (Lipinski definition) is 0. The van der Waals surface area contributed by atoms with Crippen molar-refractivity contribution >= 4 is 29.0 Å². The lowest BCUT2D eigenvalue weighted by Gasteiger charge is -2.33. The number of ether oxygens (including phenoxy) is 2. The number of piperidine rings is 1. The summed E-state index contributed by atoms with van der Waals surface area (Å²) >= 11 is 12.3. The van der Waals surface area contributed by atoms with Crippen LogP contribution in [0.1, 0.15) is 12.8 Å². The molecule has 5 nitrogen and oxygen atoms in total. The number of hydrogen-bond acceptors (Lipinski definition) is 5. The molecule has 3 rings (SSSR count). The van der Waals surface area contributed by atoms with Gasteiger partial charge in [0.1, 0.15) is 16.9 Å². The number of benzene rings is 1. The molecule has 0 atom stereocenters. The van der Waals surface area contributed by atoms with Crippen LogP contribution < -0.4 is 14.4 Å². The average Bonchev–Trinajstić information content (AvgIpc) is 2.58. The SMILES string of the molecule is COc1ncc(Cl)c(N2CCC(Oc3ccccc3Cl)CC2)n1. The number of rotatable bonds is 4. The van der Waals surface area contributed by atoms with Gasteiger partial charge in [-0.05, 0) is 12.1 Å². The Morgan fingerprint density at radius 2 is 1.87 bits per heavy atom. The third-order valence-corrected chi connectivity index (χ3v) is 4.34. The van der Waals surface area contributed by atoms with Crippen molar-refractivity contribution in [3.63, 3.8) is 0 Å². The molecule has 0 bridgehead atoms. The summed E-state index contributed by atoms with van der Waals surface area (Å²) in [6.45, 7) is 1.60. The maximum absolute atomic E-state index is 6.20. The van der Waals surface area contributed by atoms with Gasteiger partial charge in [-0.2, -0.15) is 4.98 Å². The van der Waals surface area contributed by atoms with E-state index in [2.05, 4.69) is 14.9 Å². The maximum Gasteiger partial charge on any atom is 0.318 e. The number of nitrogens with zero attached hydrogens (tertiary/aromatic N) is 3. The summed E-state index contributed by atoms with van der Waals surface area (Å²) in [5.74, 6) is 1.43. The standard InChI is InChI=1S/C16H17Cl2N3O2/c1-22-16-19-10-13(18)15(20-16)21-8-6-11(7-9-21)23-14-5-3-2-4-12(14)17/h2-5,10-11H,6-9H2,1H3. The quantitative estimate of drug-likeness (QED) is 0.835. The Morgan fingerprint density at radius 3 is 2.57 bits per heavy atom. The van der Waals surface area contributed by atoms with E-state index in [9.17, 15) is 0 Å². The van der Waals surface area contributed by atoms with Gasteiger partial charge in [-0.3, -0.25) is 0 Å². The van der Waals surface area contributed by atoms with Gasteiger partial charge in [-0.15, -0.1) is 0 Å². The minimum absolute atomic E-state index is 0.133. The molecule has 1 aliphatic rings. The van der Waals surface area contributed by atoms with Gasteiger partial charge in [0, 0.05) is 25.9 Å². The zero-order valence-electron chi connectivity index (χ0n) is 12.7. The fourth-order valence-corrected chi connectivity index (χ4v) is 2.96. The molecule has 1 aromatic carbocycles. The smallest absolute Gasteiger partial charge is 0.318 e. The molecule has 0 N–H and O–H groups in total. The first-order valence-corrected chi connectivity index (χ1v) is 8.15. The molecule has 0 unspecified atom stereocenters. The predicted octanol–water partition coefficient (Wildman–Crippen LogP) is 3.84. The molecule has 0 amide bonds. The van der Waals surface area contributed by atoms with Crippen LogP contribution in [0.4, 0.5) is 5.82 Å². The van der Waals surface area contributed by atoms with Gasteiger partial charge < -0.3 is 14.4 Å². The van der Waals surface area contributed by atoms with Crippen LogP contribution in [0.15, 0.2) is 30.5 Å². The lowest BCUT2D eigenvalue weighted by molar-refractivity contribution is 0.171. The molecular weight excluding hydrogens is 337 g/mol. The summed E-state index contributed by atoms with van der Waals surface area (Å²) in [5, 5.41) is 1.16. The van der Waals surface area contributed by atoms with E-state index >= 15 is 0 Å². The van der Waals surface area contributed by atoms with E-state index < -0.39 is 0 Å². The van der Waals surface area contributed by atoms with Crippen molar-refractivity contribution in [2.45, 2.75) is 18.9 Å². The summed E-state index contributed by atoms with van der Waals surface area (Å²) in [7, 11) is 1.54. The van der Waals surface area contributed by atoms with Gasteiger partial charge in [0.2, 0.25) is 0 Å². The van der Waals surface area contributed by atoms with Crippen LogP contribution >= 0.6 is 23.2 Å². The van der Waals surface area contributed by atoms with Crippen LogP contribution in [0, 0.1) is 0 Å². The number of methoxy groups -OCH3 is 1. The van der Waals surface area contributed by atoms with E-state index in [-0.39, 0.29) is 6.10 Å². The molecular formula is C16H17Cl2N3O2. The zero-order valence-corrected chi connectivity index (χ0v) is 14.2. The maximum atomic E-state index is 6.20. The lowest BCUT2D eigenvalue weighted by Crippen LogP contribution is -2.39. The first kappa shape index (κ1) is 16.1. The fourth-order valence-electron chi connectivity index (χ4n) is 2.57. The third-order valence-electron chi connectivity index (χ3n) is 3.76. The van der Waals surface area contributed by atoms with Crippen molar-refractivity contribution in [1.29, 1.82) is 0 Å². The fraction of sp³-hybridized carbons (Fsp3) is 0.375. The largest absolute Gasteiger partial charge is 0.489 e. The summed E-state index contributed by atoms with van der Waals surface area (Å²) < 4.78 is 11.1. The molecule has 1 aromatic heterocycles. The number of para-hydroxylation sites is 1. The molecule has 1 aliphatic heterocycles. The van der Waals surface area contributed by atoms with Gasteiger partial charge in [-0.25, -0.2) is 4.98 Å². The second-order valence-electron chi connectivity index (χ2n) is 5.26. The lowest BCUT2D eigenvalue weighted by atomic mass is 10.1. The molecule has 1 fully saturated rings. The Morgan fingerprint density at radius 1 is 1.13 bits per heavy atom. The van der Waals surface area contributed by atoms with Gasteiger partial charge in [0.15, 0.2) is 5.82 Å². The highest BCUT2D eigenvalue weighted by molar-refractivity contribution is 6.32. The van der Waals surface area contributed by atoms with Gasteiger partial charge in [0.25, 0.3) is 0 Å². The highest BCUT2D eigenvalue weighted by Crippen LogP contribution is 2.30. The molecule has 2 heterocycles. The highest BCUT2D eigenvalue weighted by atomic mass is 35.5. The molecule has 122 valence electrons. The molecule has 0 spiro atoms.